The zero-order chi connectivity index (χ0) is 9.10. The van der Waals surface area contributed by atoms with E-state index in [1.807, 2.05) is 30.3 Å². The Labute approximate surface area is 87.3 Å². The van der Waals surface area contributed by atoms with E-state index in [2.05, 4.69) is 3.77 Å². The lowest BCUT2D eigenvalue weighted by Gasteiger charge is -1.96. The summed E-state index contributed by atoms with van der Waals surface area (Å²) in [5.74, 6) is 0. The maximum absolute atomic E-state index is 10.7. The lowest BCUT2D eigenvalue weighted by molar-refractivity contribution is 0.701. The Morgan fingerprint density at radius 2 is 2.00 bits per heavy atom. The van der Waals surface area contributed by atoms with Gasteiger partial charge in [-0.25, -0.2) is 4.21 Å². The fourth-order valence-electron chi connectivity index (χ4n) is 0.982. The van der Waals surface area contributed by atoms with E-state index < -0.39 is 0 Å². The molecular formula is C8H5NOS3. The lowest BCUT2D eigenvalue weighted by Crippen LogP contribution is -2.07. The van der Waals surface area contributed by atoms with Crippen LogP contribution in [0.2, 0.25) is 0 Å². The predicted octanol–water partition coefficient (Wildman–Crippen LogP) is 1.48. The molecule has 13 heavy (non-hydrogen) atoms. The molecule has 0 atom stereocenters. The summed E-state index contributed by atoms with van der Waals surface area (Å²) in [6.07, 6.45) is 0. The second kappa shape index (κ2) is 4.04. The van der Waals surface area contributed by atoms with Gasteiger partial charge in [0.2, 0.25) is 0 Å². The smallest absolute Gasteiger partial charge is 0.144 e. The Hall–Kier alpha value is -0.650. The van der Waals surface area contributed by atoms with Crippen LogP contribution >= 0.6 is 11.9 Å². The summed E-state index contributed by atoms with van der Waals surface area (Å²) >= 11 is 3.15. The van der Waals surface area contributed by atoms with Crippen LogP contribution in [-0.2, 0) is 22.4 Å². The molecule has 1 aromatic rings. The van der Waals surface area contributed by atoms with Crippen molar-refractivity contribution in [1.82, 2.24) is 0 Å². The topological polar surface area (TPSA) is 29.4 Å². The van der Waals surface area contributed by atoms with E-state index in [9.17, 15) is 4.21 Å². The zero-order valence-electron chi connectivity index (χ0n) is 6.47. The zero-order valence-corrected chi connectivity index (χ0v) is 8.92. The standard InChI is InChI=1S/C8H5NOS3/c10-13-8-7(11-9-12-8)6-4-2-1-3-5-6/h1-5H. The van der Waals surface area contributed by atoms with Crippen LogP contribution in [0, 0.1) is 0 Å². The number of benzene rings is 1. The van der Waals surface area contributed by atoms with Crippen molar-refractivity contribution in [3.05, 3.63) is 35.9 Å². The highest BCUT2D eigenvalue weighted by atomic mass is 32.2. The molecule has 0 unspecified atom stereocenters. The molecular weight excluding hydrogens is 222 g/mol. The Morgan fingerprint density at radius 3 is 2.69 bits per heavy atom. The van der Waals surface area contributed by atoms with Gasteiger partial charge in [0, 0.05) is 11.9 Å². The third kappa shape index (κ3) is 1.82. The van der Waals surface area contributed by atoms with E-state index in [4.69, 9.17) is 0 Å². The van der Waals surface area contributed by atoms with Gasteiger partial charge >= 0.3 is 0 Å². The number of hydrogen-bond acceptors (Lipinski definition) is 3. The van der Waals surface area contributed by atoms with Gasteiger partial charge in [0.15, 0.2) is 0 Å². The fraction of sp³-hybridized carbons (Fsp3) is 0. The molecule has 0 amide bonds. The van der Waals surface area contributed by atoms with E-state index in [0.29, 0.717) is 11.3 Å². The van der Waals surface area contributed by atoms with E-state index >= 15 is 0 Å². The molecule has 1 aliphatic heterocycles. The molecule has 0 fully saturated rings. The van der Waals surface area contributed by atoms with Crippen molar-refractivity contribution in [2.75, 3.05) is 0 Å². The lowest BCUT2D eigenvalue weighted by atomic mass is 10.2. The van der Waals surface area contributed by atoms with Crippen molar-refractivity contribution < 1.29 is 4.21 Å². The van der Waals surface area contributed by atoms with Gasteiger partial charge in [0.05, 0.1) is 4.86 Å². The number of nitrogens with zero attached hydrogens (tertiary/aromatic N) is 1. The van der Waals surface area contributed by atoms with Gasteiger partial charge < -0.3 is 0 Å². The summed E-state index contributed by atoms with van der Waals surface area (Å²) in [4.78, 5) is 0.977. The Balaban J connectivity index is 2.49. The SMILES string of the molecule is O=S=C1SN=S=C1c1ccccc1. The normalized spacial score (nSPS) is 15.1. The van der Waals surface area contributed by atoms with Crippen LogP contribution in [-0.4, -0.2) is 13.3 Å². The van der Waals surface area contributed by atoms with Gasteiger partial charge in [0.25, 0.3) is 0 Å². The summed E-state index contributed by atoms with van der Waals surface area (Å²) in [6.45, 7) is 0. The largest absolute Gasteiger partial charge is 0.211 e. The van der Waals surface area contributed by atoms with E-state index in [0.717, 1.165) is 14.6 Å². The quantitative estimate of drug-likeness (QED) is 0.537. The van der Waals surface area contributed by atoms with Crippen LogP contribution in [0.4, 0.5) is 0 Å². The van der Waals surface area contributed by atoms with Crippen molar-refractivity contribution >= 4 is 43.4 Å². The maximum Gasteiger partial charge on any atom is 0.144 e. The molecule has 0 N–H and O–H groups in total. The summed E-state index contributed by atoms with van der Waals surface area (Å²) < 4.78 is 15.5. The first-order chi connectivity index (χ1) is 6.42. The van der Waals surface area contributed by atoms with Gasteiger partial charge in [-0.3, -0.25) is 0 Å². The molecule has 0 spiro atoms. The first kappa shape index (κ1) is 8.93. The predicted molar refractivity (Wildman–Crippen MR) is 61.1 cm³/mol. The minimum Gasteiger partial charge on any atom is -0.211 e. The van der Waals surface area contributed by atoms with E-state index in [1.54, 1.807) is 0 Å². The van der Waals surface area contributed by atoms with Crippen molar-refractivity contribution in [2.24, 2.45) is 3.77 Å². The van der Waals surface area contributed by atoms with Crippen molar-refractivity contribution in [3.63, 3.8) is 0 Å². The van der Waals surface area contributed by atoms with Gasteiger partial charge in [-0.1, -0.05) is 30.3 Å². The molecule has 0 radical (unpaired) electrons. The molecule has 2 nitrogen and oxygen atoms in total. The summed E-state index contributed by atoms with van der Waals surface area (Å²) in [5, 5.41) is 0. The third-order valence-corrected chi connectivity index (χ3v) is 4.18. The number of rotatable bonds is 1. The average molecular weight is 227 g/mol. The van der Waals surface area contributed by atoms with Gasteiger partial charge in [0.1, 0.15) is 15.5 Å². The highest BCUT2D eigenvalue weighted by Gasteiger charge is 2.14. The van der Waals surface area contributed by atoms with Crippen LogP contribution in [0.15, 0.2) is 34.1 Å². The molecule has 1 aromatic carbocycles. The summed E-state index contributed by atoms with van der Waals surface area (Å²) in [5.41, 5.74) is 1.07. The Bertz CT molecular complexity index is 442. The van der Waals surface area contributed by atoms with Crippen LogP contribution in [0.5, 0.6) is 0 Å². The molecule has 0 bridgehead atoms. The fourth-order valence-corrected chi connectivity index (χ4v) is 3.24. The first-order valence-corrected chi connectivity index (χ1v) is 5.84. The van der Waals surface area contributed by atoms with E-state index in [1.165, 1.54) is 23.1 Å². The molecule has 0 aliphatic carbocycles. The van der Waals surface area contributed by atoms with Crippen LogP contribution < -0.4 is 0 Å². The summed E-state index contributed by atoms with van der Waals surface area (Å²) in [6, 6.07) is 9.84. The molecule has 1 heterocycles. The minimum atomic E-state index is 0.513. The van der Waals surface area contributed by atoms with Crippen molar-refractivity contribution in [1.29, 1.82) is 0 Å². The van der Waals surface area contributed by atoms with Crippen LogP contribution in [0.3, 0.4) is 0 Å². The Morgan fingerprint density at radius 1 is 1.23 bits per heavy atom. The highest BCUT2D eigenvalue weighted by molar-refractivity contribution is 8.27. The van der Waals surface area contributed by atoms with E-state index in [-0.39, 0.29) is 0 Å². The molecule has 66 valence electrons. The minimum absolute atomic E-state index is 0.513. The first-order valence-electron chi connectivity index (χ1n) is 3.55. The van der Waals surface area contributed by atoms with Crippen molar-refractivity contribution in [2.45, 2.75) is 0 Å². The summed E-state index contributed by atoms with van der Waals surface area (Å²) in [7, 11) is 0. The number of hydrogen-bond donors (Lipinski definition) is 0. The molecule has 0 saturated heterocycles. The van der Waals surface area contributed by atoms with Crippen LogP contribution in [0.1, 0.15) is 5.56 Å². The molecule has 0 saturated carbocycles. The molecule has 1 aliphatic rings. The Kier molecular flexibility index (Phi) is 2.77. The molecule has 5 heteroatoms. The second-order valence-electron chi connectivity index (χ2n) is 2.32. The maximum atomic E-state index is 10.7. The molecule has 2 rings (SSSR count). The second-order valence-corrected chi connectivity index (χ2v) is 4.93. The average Bonchev–Trinajstić information content (AvgIpc) is 2.67. The molecule has 0 aromatic heterocycles. The highest BCUT2D eigenvalue weighted by Crippen LogP contribution is 2.15. The van der Waals surface area contributed by atoms with Gasteiger partial charge in [-0.15, -0.1) is 0 Å². The van der Waals surface area contributed by atoms with Gasteiger partial charge in [-0.2, -0.15) is 3.77 Å². The monoisotopic (exact) mass is 227 g/mol. The third-order valence-electron chi connectivity index (χ3n) is 1.55. The van der Waals surface area contributed by atoms with Gasteiger partial charge in [-0.05, 0) is 16.7 Å². The van der Waals surface area contributed by atoms with Crippen molar-refractivity contribution in [3.8, 4) is 0 Å². The van der Waals surface area contributed by atoms with Crippen LogP contribution in [0.25, 0.3) is 0 Å².